The minimum absolute atomic E-state index is 0.245. The summed E-state index contributed by atoms with van der Waals surface area (Å²) in [4.78, 5) is 13.2. The van der Waals surface area contributed by atoms with Crippen LogP contribution in [0.25, 0.3) is 0 Å². The van der Waals surface area contributed by atoms with Crippen molar-refractivity contribution in [3.8, 4) is 0 Å². The summed E-state index contributed by atoms with van der Waals surface area (Å²) in [6.45, 7) is 3.79. The fourth-order valence-electron chi connectivity index (χ4n) is 2.21. The maximum Gasteiger partial charge on any atom is 0.310 e. The van der Waals surface area contributed by atoms with Crippen LogP contribution >= 0.6 is 0 Å². The second kappa shape index (κ2) is 4.45. The predicted molar refractivity (Wildman–Crippen MR) is 62.0 cm³/mol. The summed E-state index contributed by atoms with van der Waals surface area (Å²) in [5.74, 6) is -0.982. The molecule has 1 fully saturated rings. The van der Waals surface area contributed by atoms with Gasteiger partial charge in [-0.15, -0.1) is 0 Å². The van der Waals surface area contributed by atoms with Crippen LogP contribution in [0.15, 0.2) is 24.3 Å². The molecule has 0 amide bonds. The van der Waals surface area contributed by atoms with Crippen molar-refractivity contribution in [2.45, 2.75) is 19.9 Å². The standard InChI is InChI=1S/C13H16FNO2/c1-13(12(16)17)6-7-15(9-13)8-10-2-4-11(14)5-3-10/h2-5H,6-9H2,1H3,(H,16,17). The lowest BCUT2D eigenvalue weighted by atomic mass is 9.90. The van der Waals surface area contributed by atoms with Crippen LogP contribution in [0.4, 0.5) is 4.39 Å². The molecule has 17 heavy (non-hydrogen) atoms. The van der Waals surface area contributed by atoms with Gasteiger partial charge in [0, 0.05) is 13.1 Å². The van der Waals surface area contributed by atoms with Gasteiger partial charge in [0.25, 0.3) is 0 Å². The van der Waals surface area contributed by atoms with E-state index >= 15 is 0 Å². The average molecular weight is 237 g/mol. The Bertz CT molecular complexity index is 418. The third kappa shape index (κ3) is 2.64. The molecule has 1 saturated heterocycles. The highest BCUT2D eigenvalue weighted by atomic mass is 19.1. The van der Waals surface area contributed by atoms with Gasteiger partial charge in [0.1, 0.15) is 5.82 Å². The Balaban J connectivity index is 1.98. The number of carboxylic acid groups (broad SMARTS) is 1. The first-order valence-corrected chi connectivity index (χ1v) is 5.70. The van der Waals surface area contributed by atoms with Crippen molar-refractivity contribution in [3.05, 3.63) is 35.6 Å². The zero-order valence-electron chi connectivity index (χ0n) is 9.82. The van der Waals surface area contributed by atoms with E-state index in [4.69, 9.17) is 5.11 Å². The van der Waals surface area contributed by atoms with E-state index < -0.39 is 11.4 Å². The van der Waals surface area contributed by atoms with Crippen LogP contribution in [-0.4, -0.2) is 29.1 Å². The van der Waals surface area contributed by atoms with Crippen molar-refractivity contribution < 1.29 is 14.3 Å². The molecule has 1 N–H and O–H groups in total. The summed E-state index contributed by atoms with van der Waals surface area (Å²) in [5, 5.41) is 9.12. The molecule has 0 saturated carbocycles. The zero-order chi connectivity index (χ0) is 12.5. The molecule has 1 aliphatic heterocycles. The second-order valence-electron chi connectivity index (χ2n) is 4.95. The highest BCUT2D eigenvalue weighted by Crippen LogP contribution is 2.30. The van der Waals surface area contributed by atoms with Crippen LogP contribution in [0.2, 0.25) is 0 Å². The third-order valence-electron chi connectivity index (χ3n) is 3.39. The van der Waals surface area contributed by atoms with Gasteiger partial charge < -0.3 is 5.11 Å². The van der Waals surface area contributed by atoms with Crippen molar-refractivity contribution in [1.29, 1.82) is 0 Å². The quantitative estimate of drug-likeness (QED) is 0.875. The van der Waals surface area contributed by atoms with E-state index in [1.54, 1.807) is 19.1 Å². The monoisotopic (exact) mass is 237 g/mol. The van der Waals surface area contributed by atoms with E-state index in [9.17, 15) is 9.18 Å². The summed E-state index contributed by atoms with van der Waals surface area (Å²) in [6, 6.07) is 6.35. The number of benzene rings is 1. The first-order chi connectivity index (χ1) is 7.99. The largest absolute Gasteiger partial charge is 0.481 e. The van der Waals surface area contributed by atoms with Crippen molar-refractivity contribution in [3.63, 3.8) is 0 Å². The molecule has 1 unspecified atom stereocenters. The Morgan fingerprint density at radius 2 is 2.12 bits per heavy atom. The Morgan fingerprint density at radius 1 is 1.47 bits per heavy atom. The predicted octanol–water partition coefficient (Wildman–Crippen LogP) is 2.12. The van der Waals surface area contributed by atoms with E-state index in [0.29, 0.717) is 19.5 Å². The molecule has 92 valence electrons. The number of hydrogen-bond donors (Lipinski definition) is 1. The van der Waals surface area contributed by atoms with Crippen LogP contribution in [-0.2, 0) is 11.3 Å². The van der Waals surface area contributed by atoms with E-state index in [0.717, 1.165) is 12.1 Å². The van der Waals surface area contributed by atoms with Crippen molar-refractivity contribution >= 4 is 5.97 Å². The summed E-state index contributed by atoms with van der Waals surface area (Å²) in [6.07, 6.45) is 0.670. The van der Waals surface area contributed by atoms with Crippen LogP contribution in [0.3, 0.4) is 0 Å². The van der Waals surface area contributed by atoms with E-state index in [2.05, 4.69) is 4.90 Å². The van der Waals surface area contributed by atoms with Gasteiger partial charge >= 0.3 is 5.97 Å². The topological polar surface area (TPSA) is 40.5 Å². The molecule has 0 spiro atoms. The van der Waals surface area contributed by atoms with Crippen LogP contribution < -0.4 is 0 Å². The molecule has 1 aromatic rings. The van der Waals surface area contributed by atoms with Crippen LogP contribution in [0.1, 0.15) is 18.9 Å². The molecule has 0 radical (unpaired) electrons. The molecule has 0 bridgehead atoms. The Kier molecular flexibility index (Phi) is 3.15. The highest BCUT2D eigenvalue weighted by Gasteiger charge is 2.40. The molecule has 2 rings (SSSR count). The fourth-order valence-corrected chi connectivity index (χ4v) is 2.21. The van der Waals surface area contributed by atoms with Crippen molar-refractivity contribution in [2.75, 3.05) is 13.1 Å². The lowest BCUT2D eigenvalue weighted by molar-refractivity contribution is -0.147. The molecular weight excluding hydrogens is 221 g/mol. The maximum absolute atomic E-state index is 12.7. The van der Waals surface area contributed by atoms with Crippen LogP contribution in [0.5, 0.6) is 0 Å². The molecule has 0 aromatic heterocycles. The number of hydrogen-bond acceptors (Lipinski definition) is 2. The smallest absolute Gasteiger partial charge is 0.310 e. The Labute approximate surface area is 99.9 Å². The number of rotatable bonds is 3. The van der Waals surface area contributed by atoms with Gasteiger partial charge in [0.15, 0.2) is 0 Å². The third-order valence-corrected chi connectivity index (χ3v) is 3.39. The first kappa shape index (κ1) is 12.0. The number of halogens is 1. The number of carbonyl (C=O) groups is 1. The summed E-state index contributed by atoms with van der Waals surface area (Å²) < 4.78 is 12.7. The van der Waals surface area contributed by atoms with Crippen LogP contribution in [0, 0.1) is 11.2 Å². The molecule has 1 aliphatic rings. The minimum atomic E-state index is -0.737. The number of nitrogens with zero attached hydrogens (tertiary/aromatic N) is 1. The van der Waals surface area contributed by atoms with Gasteiger partial charge in [-0.2, -0.15) is 0 Å². The molecule has 1 heterocycles. The summed E-state index contributed by atoms with van der Waals surface area (Å²) in [7, 11) is 0. The normalized spacial score (nSPS) is 25.1. The molecule has 1 atom stereocenters. The molecule has 1 aromatic carbocycles. The SMILES string of the molecule is CC1(C(=O)O)CCN(Cc2ccc(F)cc2)C1. The van der Waals surface area contributed by atoms with E-state index in [1.165, 1.54) is 12.1 Å². The van der Waals surface area contributed by atoms with Gasteiger partial charge in [0.05, 0.1) is 5.41 Å². The molecule has 3 nitrogen and oxygen atoms in total. The number of likely N-dealkylation sites (tertiary alicyclic amines) is 1. The molecule has 0 aliphatic carbocycles. The van der Waals surface area contributed by atoms with E-state index in [-0.39, 0.29) is 5.82 Å². The maximum atomic E-state index is 12.7. The van der Waals surface area contributed by atoms with Gasteiger partial charge in [0.2, 0.25) is 0 Å². The van der Waals surface area contributed by atoms with Crippen molar-refractivity contribution in [2.24, 2.45) is 5.41 Å². The van der Waals surface area contributed by atoms with Gasteiger partial charge in [-0.25, -0.2) is 4.39 Å². The lowest BCUT2D eigenvalue weighted by Gasteiger charge is -2.20. The van der Waals surface area contributed by atoms with Gasteiger partial charge in [-0.05, 0) is 37.6 Å². The zero-order valence-corrected chi connectivity index (χ0v) is 9.82. The minimum Gasteiger partial charge on any atom is -0.481 e. The Morgan fingerprint density at radius 3 is 2.65 bits per heavy atom. The number of carboxylic acids is 1. The van der Waals surface area contributed by atoms with Gasteiger partial charge in [-0.1, -0.05) is 12.1 Å². The number of aliphatic carboxylic acids is 1. The highest BCUT2D eigenvalue weighted by molar-refractivity contribution is 5.74. The summed E-state index contributed by atoms with van der Waals surface area (Å²) in [5.41, 5.74) is 0.376. The summed E-state index contributed by atoms with van der Waals surface area (Å²) >= 11 is 0. The van der Waals surface area contributed by atoms with Gasteiger partial charge in [-0.3, -0.25) is 9.69 Å². The van der Waals surface area contributed by atoms with E-state index in [1.807, 2.05) is 0 Å². The fraction of sp³-hybridized carbons (Fsp3) is 0.462. The lowest BCUT2D eigenvalue weighted by Crippen LogP contribution is -2.31. The molecule has 4 heteroatoms. The Hall–Kier alpha value is -1.42. The second-order valence-corrected chi connectivity index (χ2v) is 4.95. The molecular formula is C13H16FNO2. The first-order valence-electron chi connectivity index (χ1n) is 5.70. The van der Waals surface area contributed by atoms with Crippen molar-refractivity contribution in [1.82, 2.24) is 4.90 Å². The average Bonchev–Trinajstić information content (AvgIpc) is 2.65.